The van der Waals surface area contributed by atoms with Crippen molar-refractivity contribution < 1.29 is 4.79 Å². The third kappa shape index (κ3) is 3.75. The monoisotopic (exact) mass is 250 g/mol. The van der Waals surface area contributed by atoms with Crippen LogP contribution in [0.1, 0.15) is 11.1 Å². The van der Waals surface area contributed by atoms with E-state index < -0.39 is 0 Å². The molecular formula is C13H18N2OS. The van der Waals surface area contributed by atoms with Gasteiger partial charge in [0.1, 0.15) is 0 Å². The summed E-state index contributed by atoms with van der Waals surface area (Å²) in [6, 6.07) is 8.23. The number of nitrogens with one attached hydrogen (secondary N) is 2. The summed E-state index contributed by atoms with van der Waals surface area (Å²) in [6.45, 7) is 4.47. The summed E-state index contributed by atoms with van der Waals surface area (Å²) in [4.78, 5) is 11.9. The molecule has 1 saturated heterocycles. The minimum absolute atomic E-state index is 0.0635. The predicted octanol–water partition coefficient (Wildman–Crippen LogP) is 1.32. The van der Waals surface area contributed by atoms with Gasteiger partial charge in [0.05, 0.1) is 5.25 Å². The molecule has 0 radical (unpaired) electrons. The largest absolute Gasteiger partial charge is 0.351 e. The number of carbonyl (C=O) groups is 1. The van der Waals surface area contributed by atoms with E-state index in [9.17, 15) is 4.79 Å². The van der Waals surface area contributed by atoms with Gasteiger partial charge in [-0.05, 0) is 12.5 Å². The molecule has 0 spiro atoms. The molecule has 0 bridgehead atoms. The number of carbonyl (C=O) groups excluding carboxylic acids is 1. The molecule has 4 heteroatoms. The van der Waals surface area contributed by atoms with Gasteiger partial charge in [-0.2, -0.15) is 0 Å². The van der Waals surface area contributed by atoms with Gasteiger partial charge >= 0.3 is 0 Å². The van der Waals surface area contributed by atoms with Gasteiger partial charge in [-0.3, -0.25) is 4.79 Å². The van der Waals surface area contributed by atoms with E-state index in [1.54, 1.807) is 11.8 Å². The summed E-state index contributed by atoms with van der Waals surface area (Å²) in [5.41, 5.74) is 2.39. The van der Waals surface area contributed by atoms with E-state index >= 15 is 0 Å². The normalized spacial score (nSPS) is 19.9. The van der Waals surface area contributed by atoms with E-state index in [0.717, 1.165) is 24.4 Å². The molecule has 1 aliphatic heterocycles. The molecule has 1 fully saturated rings. The molecule has 0 saturated carbocycles. The van der Waals surface area contributed by atoms with E-state index in [2.05, 4.69) is 29.7 Å². The molecule has 0 aliphatic carbocycles. The van der Waals surface area contributed by atoms with Crippen molar-refractivity contribution in [1.82, 2.24) is 10.6 Å². The number of aryl methyl sites for hydroxylation is 1. The molecule has 1 aromatic rings. The molecule has 3 nitrogen and oxygen atoms in total. The van der Waals surface area contributed by atoms with Gasteiger partial charge in [0, 0.05) is 25.4 Å². The quantitative estimate of drug-likeness (QED) is 0.850. The Labute approximate surface area is 106 Å². The van der Waals surface area contributed by atoms with Crippen molar-refractivity contribution in [2.24, 2.45) is 0 Å². The first-order valence-electron chi connectivity index (χ1n) is 5.91. The summed E-state index contributed by atoms with van der Waals surface area (Å²) in [5.74, 6) is 1.16. The second kappa shape index (κ2) is 6.07. The molecule has 2 rings (SSSR count). The van der Waals surface area contributed by atoms with Gasteiger partial charge in [0.2, 0.25) is 5.91 Å². The molecule has 1 aromatic carbocycles. The van der Waals surface area contributed by atoms with Crippen LogP contribution in [-0.4, -0.2) is 30.0 Å². The van der Waals surface area contributed by atoms with Crippen molar-refractivity contribution in [2.75, 3.05) is 18.8 Å². The van der Waals surface area contributed by atoms with Gasteiger partial charge < -0.3 is 10.6 Å². The number of benzene rings is 1. The highest BCUT2D eigenvalue weighted by Gasteiger charge is 2.20. The summed E-state index contributed by atoms with van der Waals surface area (Å²) < 4.78 is 0. The highest BCUT2D eigenvalue weighted by molar-refractivity contribution is 8.00. The minimum Gasteiger partial charge on any atom is -0.351 e. The SMILES string of the molecule is Cc1cccc(CNC(=O)C2CNCCS2)c1. The van der Waals surface area contributed by atoms with Crippen LogP contribution in [0.25, 0.3) is 0 Å². The lowest BCUT2D eigenvalue weighted by Crippen LogP contribution is -2.43. The zero-order valence-electron chi connectivity index (χ0n) is 10.0. The van der Waals surface area contributed by atoms with Crippen molar-refractivity contribution in [3.63, 3.8) is 0 Å². The Kier molecular flexibility index (Phi) is 4.45. The summed E-state index contributed by atoms with van der Waals surface area (Å²) in [6.07, 6.45) is 0. The van der Waals surface area contributed by atoms with Crippen LogP contribution < -0.4 is 10.6 Å². The number of thioether (sulfide) groups is 1. The molecule has 17 heavy (non-hydrogen) atoms. The van der Waals surface area contributed by atoms with Crippen LogP contribution in [0.2, 0.25) is 0 Å². The van der Waals surface area contributed by atoms with Gasteiger partial charge in [0.15, 0.2) is 0 Å². The maximum Gasteiger partial charge on any atom is 0.234 e. The Bertz CT molecular complexity index is 389. The van der Waals surface area contributed by atoms with Gasteiger partial charge in [-0.25, -0.2) is 0 Å². The zero-order chi connectivity index (χ0) is 12.1. The van der Waals surface area contributed by atoms with Crippen LogP contribution in [0.15, 0.2) is 24.3 Å². The highest BCUT2D eigenvalue weighted by Crippen LogP contribution is 2.13. The number of rotatable bonds is 3. The van der Waals surface area contributed by atoms with Crippen LogP contribution in [0.4, 0.5) is 0 Å². The highest BCUT2D eigenvalue weighted by atomic mass is 32.2. The van der Waals surface area contributed by atoms with Crippen LogP contribution in [0.5, 0.6) is 0 Å². The molecule has 0 aromatic heterocycles. The number of hydrogen-bond acceptors (Lipinski definition) is 3. The third-order valence-corrected chi connectivity index (χ3v) is 3.99. The standard InChI is InChI=1S/C13H18N2OS/c1-10-3-2-4-11(7-10)8-15-13(16)12-9-14-5-6-17-12/h2-4,7,12,14H,5-6,8-9H2,1H3,(H,15,16). The average Bonchev–Trinajstić information content (AvgIpc) is 2.37. The van der Waals surface area contributed by atoms with E-state index in [-0.39, 0.29) is 11.2 Å². The average molecular weight is 250 g/mol. The van der Waals surface area contributed by atoms with E-state index in [1.807, 2.05) is 12.1 Å². The molecule has 1 amide bonds. The Hall–Kier alpha value is -1.00. The Balaban J connectivity index is 1.83. The zero-order valence-corrected chi connectivity index (χ0v) is 10.8. The maximum atomic E-state index is 11.9. The first-order chi connectivity index (χ1) is 8.25. The third-order valence-electron chi connectivity index (χ3n) is 2.77. The lowest BCUT2D eigenvalue weighted by atomic mass is 10.1. The fourth-order valence-electron chi connectivity index (χ4n) is 1.86. The molecule has 1 aliphatic rings. The maximum absolute atomic E-state index is 11.9. The predicted molar refractivity (Wildman–Crippen MR) is 72.1 cm³/mol. The topological polar surface area (TPSA) is 41.1 Å². The number of hydrogen-bond donors (Lipinski definition) is 2. The van der Waals surface area contributed by atoms with E-state index in [1.165, 1.54) is 5.56 Å². The van der Waals surface area contributed by atoms with Crippen LogP contribution in [-0.2, 0) is 11.3 Å². The van der Waals surface area contributed by atoms with Gasteiger partial charge in [-0.1, -0.05) is 29.8 Å². The summed E-state index contributed by atoms with van der Waals surface area (Å²) in [7, 11) is 0. The summed E-state index contributed by atoms with van der Waals surface area (Å²) in [5, 5.41) is 6.30. The first-order valence-corrected chi connectivity index (χ1v) is 6.96. The first kappa shape index (κ1) is 12.5. The molecule has 1 heterocycles. The fraction of sp³-hybridized carbons (Fsp3) is 0.462. The van der Waals surface area contributed by atoms with E-state index in [4.69, 9.17) is 0 Å². The van der Waals surface area contributed by atoms with Crippen LogP contribution in [0, 0.1) is 6.92 Å². The Morgan fingerprint density at radius 3 is 3.18 bits per heavy atom. The van der Waals surface area contributed by atoms with Gasteiger partial charge in [0.25, 0.3) is 0 Å². The summed E-state index contributed by atoms with van der Waals surface area (Å²) >= 11 is 1.74. The minimum atomic E-state index is 0.0635. The molecule has 92 valence electrons. The molecule has 2 N–H and O–H groups in total. The Morgan fingerprint density at radius 1 is 1.59 bits per heavy atom. The lowest BCUT2D eigenvalue weighted by Gasteiger charge is -2.21. The second-order valence-corrected chi connectivity index (χ2v) is 5.58. The number of amides is 1. The van der Waals surface area contributed by atoms with Gasteiger partial charge in [-0.15, -0.1) is 11.8 Å². The molecule has 1 unspecified atom stereocenters. The van der Waals surface area contributed by atoms with Crippen molar-refractivity contribution in [3.05, 3.63) is 35.4 Å². The second-order valence-electron chi connectivity index (χ2n) is 4.27. The van der Waals surface area contributed by atoms with Crippen LogP contribution >= 0.6 is 11.8 Å². The van der Waals surface area contributed by atoms with Crippen LogP contribution in [0.3, 0.4) is 0 Å². The Morgan fingerprint density at radius 2 is 2.47 bits per heavy atom. The smallest absolute Gasteiger partial charge is 0.234 e. The van der Waals surface area contributed by atoms with E-state index in [0.29, 0.717) is 6.54 Å². The molecule has 1 atom stereocenters. The van der Waals surface area contributed by atoms with Crippen molar-refractivity contribution in [3.8, 4) is 0 Å². The molecular weight excluding hydrogens is 232 g/mol. The van der Waals surface area contributed by atoms with Crippen molar-refractivity contribution in [2.45, 2.75) is 18.7 Å². The van der Waals surface area contributed by atoms with Crippen molar-refractivity contribution >= 4 is 17.7 Å². The lowest BCUT2D eigenvalue weighted by molar-refractivity contribution is -0.120. The van der Waals surface area contributed by atoms with Crippen molar-refractivity contribution in [1.29, 1.82) is 0 Å². The fourth-order valence-corrected chi connectivity index (χ4v) is 2.88.